The largest absolute Gasteiger partial charge is 0.321 e. The third-order valence-corrected chi connectivity index (χ3v) is 8.48. The lowest BCUT2D eigenvalue weighted by Crippen LogP contribution is -2.34. The number of hydrogen-bond acceptors (Lipinski definition) is 3. The fourth-order valence-electron chi connectivity index (χ4n) is 4.91. The number of thiophene rings is 2. The maximum absolute atomic E-state index is 13.8. The number of carbonyl (C=O) groups excluding carboxylic acids is 1. The second-order valence-electron chi connectivity index (χ2n) is 8.02. The molecule has 1 amide bonds. The molecule has 0 saturated heterocycles. The second kappa shape index (κ2) is 7.25. The minimum atomic E-state index is -0.102. The predicted octanol–water partition coefficient (Wildman–Crippen LogP) is 6.22. The van der Waals surface area contributed by atoms with Crippen LogP contribution in [0.4, 0.5) is 0 Å². The van der Waals surface area contributed by atoms with Crippen molar-refractivity contribution in [2.45, 2.75) is 38.3 Å². The van der Waals surface area contributed by atoms with Gasteiger partial charge in [-0.05, 0) is 60.4 Å². The smallest absolute Gasteiger partial charge is 0.265 e. The van der Waals surface area contributed by atoms with Crippen LogP contribution in [0, 0.1) is 0 Å². The average Bonchev–Trinajstić information content (AvgIpc) is 3.53. The molecule has 0 fully saturated rings. The Morgan fingerprint density at radius 2 is 1.80 bits per heavy atom. The monoisotopic (exact) mass is 430 g/mol. The number of aryl methyl sites for hydroxylation is 1. The molecule has 2 aliphatic rings. The van der Waals surface area contributed by atoms with Gasteiger partial charge < -0.3 is 9.47 Å². The number of hydrogen-bond donors (Lipinski definition) is 0. The van der Waals surface area contributed by atoms with E-state index in [0.29, 0.717) is 6.54 Å². The molecule has 150 valence electrons. The van der Waals surface area contributed by atoms with Gasteiger partial charge in [0.15, 0.2) is 0 Å². The van der Waals surface area contributed by atoms with Crippen LogP contribution in [0.3, 0.4) is 0 Å². The molecule has 0 bridgehead atoms. The van der Waals surface area contributed by atoms with Crippen molar-refractivity contribution in [1.82, 2.24) is 9.47 Å². The fourth-order valence-corrected chi connectivity index (χ4v) is 7.00. The number of benzene rings is 1. The number of fused-ring (bicyclic) bond motifs is 5. The number of aromatic nitrogens is 1. The van der Waals surface area contributed by atoms with Crippen molar-refractivity contribution in [3.63, 3.8) is 0 Å². The lowest BCUT2D eigenvalue weighted by molar-refractivity contribution is 0.0695. The Kier molecular flexibility index (Phi) is 4.39. The van der Waals surface area contributed by atoms with E-state index in [-0.39, 0.29) is 11.9 Å². The van der Waals surface area contributed by atoms with Gasteiger partial charge in [-0.2, -0.15) is 0 Å². The van der Waals surface area contributed by atoms with Crippen LogP contribution in [0.1, 0.15) is 55.8 Å². The maximum atomic E-state index is 13.8. The normalized spacial score (nSPS) is 17.7. The molecular formula is C25H22N2OS2. The molecule has 1 aromatic carbocycles. The Balaban J connectivity index is 1.58. The van der Waals surface area contributed by atoms with Crippen LogP contribution in [0.2, 0.25) is 0 Å². The summed E-state index contributed by atoms with van der Waals surface area (Å²) in [5, 5.41) is 3.30. The molecule has 6 rings (SSSR count). The zero-order chi connectivity index (χ0) is 20.1. The molecule has 4 heterocycles. The van der Waals surface area contributed by atoms with Crippen molar-refractivity contribution in [2.75, 3.05) is 0 Å². The van der Waals surface area contributed by atoms with E-state index >= 15 is 0 Å². The Morgan fingerprint density at radius 1 is 0.933 bits per heavy atom. The summed E-state index contributed by atoms with van der Waals surface area (Å²) in [5.74, 6) is 0.121. The molecule has 1 aliphatic carbocycles. The van der Waals surface area contributed by atoms with Crippen LogP contribution < -0.4 is 0 Å². The van der Waals surface area contributed by atoms with Crippen molar-refractivity contribution < 1.29 is 4.79 Å². The highest BCUT2D eigenvalue weighted by molar-refractivity contribution is 7.15. The summed E-state index contributed by atoms with van der Waals surface area (Å²) in [7, 11) is 0. The van der Waals surface area contributed by atoms with Crippen LogP contribution in [0.15, 0.2) is 66.2 Å². The highest BCUT2D eigenvalue weighted by Crippen LogP contribution is 2.44. The minimum Gasteiger partial charge on any atom is -0.321 e. The van der Waals surface area contributed by atoms with Gasteiger partial charge in [0.05, 0.1) is 23.2 Å². The van der Waals surface area contributed by atoms with E-state index in [9.17, 15) is 4.79 Å². The Bertz CT molecular complexity index is 1200. The molecule has 4 aromatic rings. The van der Waals surface area contributed by atoms with Crippen molar-refractivity contribution in [3.05, 3.63) is 98.3 Å². The van der Waals surface area contributed by atoms with Gasteiger partial charge in [0, 0.05) is 16.6 Å². The van der Waals surface area contributed by atoms with Crippen LogP contribution in [0.25, 0.3) is 5.00 Å². The van der Waals surface area contributed by atoms with Gasteiger partial charge in [-0.3, -0.25) is 4.79 Å². The lowest BCUT2D eigenvalue weighted by Gasteiger charge is -2.31. The van der Waals surface area contributed by atoms with Crippen LogP contribution >= 0.6 is 22.7 Å². The van der Waals surface area contributed by atoms with Gasteiger partial charge in [0.2, 0.25) is 0 Å². The van der Waals surface area contributed by atoms with E-state index in [1.165, 1.54) is 57.3 Å². The molecule has 30 heavy (non-hydrogen) atoms. The number of nitrogens with zero attached hydrogens (tertiary/aromatic N) is 2. The van der Waals surface area contributed by atoms with E-state index in [1.54, 1.807) is 0 Å². The van der Waals surface area contributed by atoms with Gasteiger partial charge in [-0.25, -0.2) is 0 Å². The first-order valence-corrected chi connectivity index (χ1v) is 12.2. The molecular weight excluding hydrogens is 408 g/mol. The quantitative estimate of drug-likeness (QED) is 0.370. The molecule has 0 N–H and O–H groups in total. The third kappa shape index (κ3) is 2.80. The Labute approximate surface area is 184 Å². The summed E-state index contributed by atoms with van der Waals surface area (Å²) in [6, 6.07) is 18.6. The van der Waals surface area contributed by atoms with Crippen molar-refractivity contribution in [2.24, 2.45) is 0 Å². The van der Waals surface area contributed by atoms with Gasteiger partial charge in [-0.1, -0.05) is 36.4 Å². The van der Waals surface area contributed by atoms with E-state index < -0.39 is 0 Å². The fraction of sp³-hybridized carbons (Fsp3) is 0.240. The van der Waals surface area contributed by atoms with Gasteiger partial charge in [-0.15, -0.1) is 22.7 Å². The molecule has 3 nitrogen and oxygen atoms in total. The molecule has 0 spiro atoms. The predicted molar refractivity (Wildman–Crippen MR) is 123 cm³/mol. The minimum absolute atomic E-state index is 0.102. The average molecular weight is 431 g/mol. The first-order chi connectivity index (χ1) is 14.8. The standard InChI is InChI=1S/C25H22N2OS2/c28-24(22-13-7-15-29-22)27-16-19-18-10-4-5-12-21(18)30-25(19)26-14-6-11-20(26)23(27)17-8-2-1-3-9-17/h1-3,6-9,11,13-15,23H,4-5,10,12,16H2/t23-/m1/s1. The first-order valence-electron chi connectivity index (χ1n) is 10.5. The summed E-state index contributed by atoms with van der Waals surface area (Å²) in [6.07, 6.45) is 7.00. The van der Waals surface area contributed by atoms with Crippen molar-refractivity contribution >= 4 is 28.6 Å². The summed E-state index contributed by atoms with van der Waals surface area (Å²) in [6.45, 7) is 0.666. The lowest BCUT2D eigenvalue weighted by atomic mass is 9.95. The van der Waals surface area contributed by atoms with Gasteiger partial charge in [0.25, 0.3) is 5.91 Å². The second-order valence-corrected chi connectivity index (χ2v) is 10.1. The van der Waals surface area contributed by atoms with E-state index in [1.807, 2.05) is 34.9 Å². The molecule has 1 aliphatic heterocycles. The Hall–Kier alpha value is -2.63. The molecule has 0 saturated carbocycles. The summed E-state index contributed by atoms with van der Waals surface area (Å²) in [4.78, 5) is 18.2. The number of carbonyl (C=O) groups is 1. The topological polar surface area (TPSA) is 25.2 Å². The Morgan fingerprint density at radius 3 is 2.63 bits per heavy atom. The SMILES string of the molecule is O=C(c1cccs1)N1Cc2c(sc3c2CCCC3)-n2cccc2[C@H]1c1ccccc1. The summed E-state index contributed by atoms with van der Waals surface area (Å²) in [5.41, 5.74) is 5.18. The third-order valence-electron chi connectivity index (χ3n) is 6.29. The molecule has 0 radical (unpaired) electrons. The first kappa shape index (κ1) is 18.2. The molecule has 0 unspecified atom stereocenters. The van der Waals surface area contributed by atoms with E-state index in [4.69, 9.17) is 0 Å². The van der Waals surface area contributed by atoms with Gasteiger partial charge >= 0.3 is 0 Å². The highest BCUT2D eigenvalue weighted by atomic mass is 32.1. The molecule has 5 heteroatoms. The van der Waals surface area contributed by atoms with E-state index in [2.05, 4.69) is 52.1 Å². The highest BCUT2D eigenvalue weighted by Gasteiger charge is 2.36. The molecule has 1 atom stereocenters. The number of amides is 1. The summed E-state index contributed by atoms with van der Waals surface area (Å²) < 4.78 is 2.34. The van der Waals surface area contributed by atoms with Crippen LogP contribution in [-0.2, 0) is 19.4 Å². The maximum Gasteiger partial charge on any atom is 0.265 e. The van der Waals surface area contributed by atoms with Gasteiger partial charge in [0.1, 0.15) is 5.00 Å². The summed E-state index contributed by atoms with van der Waals surface area (Å²) >= 11 is 3.46. The number of rotatable bonds is 2. The van der Waals surface area contributed by atoms with Crippen molar-refractivity contribution in [1.29, 1.82) is 0 Å². The van der Waals surface area contributed by atoms with E-state index in [0.717, 1.165) is 16.9 Å². The zero-order valence-corrected chi connectivity index (χ0v) is 18.2. The van der Waals surface area contributed by atoms with Crippen LogP contribution in [0.5, 0.6) is 0 Å². The van der Waals surface area contributed by atoms with Crippen LogP contribution in [-0.4, -0.2) is 15.4 Å². The van der Waals surface area contributed by atoms with Crippen molar-refractivity contribution in [3.8, 4) is 5.00 Å². The molecule has 3 aromatic heterocycles. The zero-order valence-electron chi connectivity index (χ0n) is 16.6.